The van der Waals surface area contributed by atoms with Crippen molar-refractivity contribution in [3.63, 3.8) is 0 Å². The summed E-state index contributed by atoms with van der Waals surface area (Å²) < 4.78 is 12.3. The molecule has 2 amide bonds. The van der Waals surface area contributed by atoms with Gasteiger partial charge in [0.2, 0.25) is 0 Å². The Bertz CT molecular complexity index is 1240. The number of alkyl carbamates (subject to hydrolysis) is 1. The van der Waals surface area contributed by atoms with Crippen molar-refractivity contribution in [3.05, 3.63) is 75.4 Å². The Morgan fingerprint density at radius 3 is 2.49 bits per heavy atom. The number of nitrogens with zero attached hydrogens (tertiary/aromatic N) is 1. The van der Waals surface area contributed by atoms with Gasteiger partial charge in [0, 0.05) is 19.2 Å². The molecule has 2 aromatic rings. The van der Waals surface area contributed by atoms with E-state index in [-0.39, 0.29) is 13.3 Å². The predicted octanol–water partition coefficient (Wildman–Crippen LogP) is 4.33. The van der Waals surface area contributed by atoms with Crippen molar-refractivity contribution in [1.82, 2.24) is 9.62 Å². The van der Waals surface area contributed by atoms with Crippen LogP contribution < -0.4 is 5.32 Å². The third kappa shape index (κ3) is 8.65. The molecular formula is C26H31BrN2O8SSi. The van der Waals surface area contributed by atoms with Gasteiger partial charge in [-0.2, -0.15) is 0 Å². The molecule has 0 radical (unpaired) electrons. The standard InChI is InChI=1S/C26H31BrN2O8SSi/c1-39(2,3)12-11-36-16-29-24(32)26(34,35)22(38-29)19-10-9-18(13-20(19)27)14-21(23(30)31)28-25(33)37-15-17-7-5-4-6-8-17/h4-10,13-14,22,34-35H,11-12,15-16H2,1-3H3,(H,28,33)(H,30,31)/b21-14-. The Morgan fingerprint density at radius 1 is 1.18 bits per heavy atom. The van der Waals surface area contributed by atoms with Gasteiger partial charge in [0.1, 0.15) is 24.3 Å². The van der Waals surface area contributed by atoms with Crippen LogP contribution >= 0.6 is 27.9 Å². The van der Waals surface area contributed by atoms with Gasteiger partial charge in [-0.1, -0.05) is 78.0 Å². The quantitative estimate of drug-likeness (QED) is 0.0929. The number of rotatable bonds is 11. The maximum Gasteiger partial charge on any atom is 0.412 e. The van der Waals surface area contributed by atoms with Crippen molar-refractivity contribution in [2.75, 3.05) is 13.3 Å². The third-order valence-electron chi connectivity index (χ3n) is 5.64. The van der Waals surface area contributed by atoms with Crippen molar-refractivity contribution in [2.45, 2.75) is 43.3 Å². The molecule has 13 heteroatoms. The SMILES string of the molecule is C[Si](C)(C)CCOCN1SC(c2ccc(/C=C(\NC(=O)OCc3ccccc3)C(=O)O)cc2Br)C(O)(O)C1=O. The lowest BCUT2D eigenvalue weighted by atomic mass is 10.0. The number of hydrogen-bond donors (Lipinski definition) is 4. The molecule has 1 fully saturated rings. The van der Waals surface area contributed by atoms with Crippen molar-refractivity contribution < 1.29 is 39.2 Å². The molecule has 0 saturated carbocycles. The zero-order valence-electron chi connectivity index (χ0n) is 21.7. The number of aliphatic carboxylic acids is 1. The van der Waals surface area contributed by atoms with Crippen molar-refractivity contribution in [2.24, 2.45) is 0 Å². The summed E-state index contributed by atoms with van der Waals surface area (Å²) in [4.78, 5) is 36.5. The second-order valence-electron chi connectivity index (χ2n) is 10.1. The maximum atomic E-state index is 12.6. The highest BCUT2D eigenvalue weighted by atomic mass is 79.9. The number of aliphatic hydroxyl groups is 2. The normalized spacial score (nSPS) is 17.3. The fourth-order valence-corrected chi connectivity index (χ4v) is 6.19. The number of ether oxygens (including phenoxy) is 2. The van der Waals surface area contributed by atoms with Crippen LogP contribution in [0.25, 0.3) is 6.08 Å². The summed E-state index contributed by atoms with van der Waals surface area (Å²) >= 11 is 4.33. The van der Waals surface area contributed by atoms with E-state index < -0.39 is 42.8 Å². The molecule has 39 heavy (non-hydrogen) atoms. The fraction of sp³-hybridized carbons (Fsp3) is 0.346. The van der Waals surface area contributed by atoms with Crippen LogP contribution in [0.5, 0.6) is 0 Å². The van der Waals surface area contributed by atoms with E-state index >= 15 is 0 Å². The monoisotopic (exact) mass is 638 g/mol. The molecule has 0 aromatic heterocycles. The van der Waals surface area contributed by atoms with E-state index in [9.17, 15) is 29.7 Å². The largest absolute Gasteiger partial charge is 0.477 e. The van der Waals surface area contributed by atoms with Gasteiger partial charge >= 0.3 is 12.1 Å². The molecule has 1 saturated heterocycles. The first-order chi connectivity index (χ1) is 18.3. The molecule has 2 aromatic carbocycles. The molecule has 1 unspecified atom stereocenters. The van der Waals surface area contributed by atoms with Crippen LogP contribution in [0.2, 0.25) is 25.7 Å². The minimum absolute atomic E-state index is 0.0258. The zero-order chi connectivity index (χ0) is 28.8. The first-order valence-corrected chi connectivity index (χ1v) is 17.3. The first kappa shape index (κ1) is 30.9. The number of halogens is 1. The van der Waals surface area contributed by atoms with Crippen LogP contribution in [0, 0.1) is 0 Å². The summed E-state index contributed by atoms with van der Waals surface area (Å²) in [7, 11) is -1.32. The third-order valence-corrected chi connectivity index (χ3v) is 9.35. The molecule has 1 atom stereocenters. The molecule has 0 spiro atoms. The Balaban J connectivity index is 1.68. The van der Waals surface area contributed by atoms with E-state index in [0.29, 0.717) is 22.2 Å². The number of carboxylic acids is 1. The number of carbonyl (C=O) groups excluding carboxylic acids is 2. The lowest BCUT2D eigenvalue weighted by molar-refractivity contribution is -0.188. The summed E-state index contributed by atoms with van der Waals surface area (Å²) in [6.07, 6.45) is 0.304. The summed E-state index contributed by atoms with van der Waals surface area (Å²) in [6, 6.07) is 14.5. The summed E-state index contributed by atoms with van der Waals surface area (Å²) in [5.41, 5.74) is 1.14. The molecular weight excluding hydrogens is 608 g/mol. The smallest absolute Gasteiger partial charge is 0.412 e. The van der Waals surface area contributed by atoms with E-state index in [2.05, 4.69) is 40.9 Å². The summed E-state index contributed by atoms with van der Waals surface area (Å²) in [5.74, 6) is -4.92. The van der Waals surface area contributed by atoms with Crippen LogP contribution in [0.15, 0.2) is 58.7 Å². The van der Waals surface area contributed by atoms with Gasteiger partial charge in [-0.15, -0.1) is 0 Å². The van der Waals surface area contributed by atoms with Crippen LogP contribution in [0.1, 0.15) is 21.9 Å². The minimum Gasteiger partial charge on any atom is -0.477 e. The topological polar surface area (TPSA) is 146 Å². The molecule has 210 valence electrons. The molecule has 4 N–H and O–H groups in total. The highest BCUT2D eigenvalue weighted by Gasteiger charge is 2.54. The van der Waals surface area contributed by atoms with Crippen LogP contribution in [-0.4, -0.2) is 64.8 Å². The Labute approximate surface area is 240 Å². The number of benzene rings is 2. The number of amides is 2. The van der Waals surface area contributed by atoms with E-state index in [4.69, 9.17) is 9.47 Å². The second-order valence-corrected chi connectivity index (χ2v) is 17.7. The van der Waals surface area contributed by atoms with E-state index in [1.807, 2.05) is 6.07 Å². The average molecular weight is 640 g/mol. The van der Waals surface area contributed by atoms with Gasteiger partial charge in [-0.3, -0.25) is 14.4 Å². The second kappa shape index (κ2) is 13.1. The Morgan fingerprint density at radius 2 is 1.87 bits per heavy atom. The van der Waals surface area contributed by atoms with Crippen molar-refractivity contribution >= 4 is 60.0 Å². The Kier molecular flexibility index (Phi) is 10.4. The molecule has 10 nitrogen and oxygen atoms in total. The number of carbonyl (C=O) groups is 3. The fourth-order valence-electron chi connectivity index (χ4n) is 3.47. The molecule has 1 aliphatic heterocycles. The number of hydrogen-bond acceptors (Lipinski definition) is 8. The summed E-state index contributed by atoms with van der Waals surface area (Å²) in [6.45, 7) is 6.98. The van der Waals surface area contributed by atoms with Gasteiger partial charge in [0.25, 0.3) is 11.7 Å². The molecule has 1 aliphatic rings. The number of nitrogens with one attached hydrogen (secondary N) is 1. The zero-order valence-corrected chi connectivity index (χ0v) is 25.1. The van der Waals surface area contributed by atoms with Gasteiger partial charge in [-0.25, -0.2) is 9.59 Å². The van der Waals surface area contributed by atoms with E-state index in [1.54, 1.807) is 36.4 Å². The maximum absolute atomic E-state index is 12.6. The van der Waals surface area contributed by atoms with Gasteiger partial charge < -0.3 is 24.8 Å². The summed E-state index contributed by atoms with van der Waals surface area (Å²) in [5, 5.41) is 31.9. The lowest BCUT2D eigenvalue weighted by Gasteiger charge is -2.20. The van der Waals surface area contributed by atoms with Gasteiger partial charge in [-0.05, 0) is 46.8 Å². The Hall–Kier alpha value is -2.68. The predicted molar refractivity (Wildman–Crippen MR) is 153 cm³/mol. The molecule has 0 aliphatic carbocycles. The lowest BCUT2D eigenvalue weighted by Crippen LogP contribution is -2.43. The molecule has 1 heterocycles. The van der Waals surface area contributed by atoms with E-state index in [1.165, 1.54) is 16.4 Å². The van der Waals surface area contributed by atoms with Crippen LogP contribution in [0.3, 0.4) is 0 Å². The van der Waals surface area contributed by atoms with Crippen molar-refractivity contribution in [1.29, 1.82) is 0 Å². The van der Waals surface area contributed by atoms with E-state index in [0.717, 1.165) is 23.6 Å². The minimum atomic E-state index is -2.66. The molecule has 3 rings (SSSR count). The van der Waals surface area contributed by atoms with Gasteiger partial charge in [0.15, 0.2) is 0 Å². The highest BCUT2D eigenvalue weighted by Crippen LogP contribution is 2.49. The van der Waals surface area contributed by atoms with Crippen molar-refractivity contribution in [3.8, 4) is 0 Å². The van der Waals surface area contributed by atoms with Crippen LogP contribution in [0.4, 0.5) is 4.79 Å². The number of carboxylic acid groups (broad SMARTS) is 1. The van der Waals surface area contributed by atoms with Gasteiger partial charge in [0.05, 0.1) is 0 Å². The highest BCUT2D eigenvalue weighted by molar-refractivity contribution is 9.10. The average Bonchev–Trinajstić information content (AvgIpc) is 3.08. The van der Waals surface area contributed by atoms with Crippen LogP contribution in [-0.2, 0) is 25.7 Å². The first-order valence-electron chi connectivity index (χ1n) is 12.0. The molecule has 0 bridgehead atoms.